The summed E-state index contributed by atoms with van der Waals surface area (Å²) in [5.41, 5.74) is 3.72. The molecule has 0 N–H and O–H groups in total. The van der Waals surface area contributed by atoms with Crippen molar-refractivity contribution < 1.29 is 4.74 Å². The van der Waals surface area contributed by atoms with E-state index in [1.807, 2.05) is 23.9 Å². The maximum Gasteiger partial charge on any atom is 0.119 e. The van der Waals surface area contributed by atoms with Gasteiger partial charge in [-0.15, -0.1) is 22.7 Å². The highest BCUT2D eigenvalue weighted by Crippen LogP contribution is 2.55. The third kappa shape index (κ3) is 1.85. The Balaban J connectivity index is 1.86. The fourth-order valence-electron chi connectivity index (χ4n) is 2.29. The molecule has 0 amide bonds. The molecule has 0 bridgehead atoms. The van der Waals surface area contributed by atoms with Gasteiger partial charge in [0.1, 0.15) is 5.75 Å². The first-order valence-corrected chi connectivity index (χ1v) is 8.71. The van der Waals surface area contributed by atoms with Crippen LogP contribution in [-0.2, 0) is 0 Å². The molecule has 0 aliphatic carbocycles. The normalized spacial score (nSPS) is 12.9. The first-order valence-electron chi connectivity index (χ1n) is 6.14. The summed E-state index contributed by atoms with van der Waals surface area (Å²) < 4.78 is 7.96. The van der Waals surface area contributed by atoms with E-state index in [1.54, 1.807) is 29.8 Å². The Morgan fingerprint density at radius 3 is 2.00 bits per heavy atom. The van der Waals surface area contributed by atoms with Crippen LogP contribution in [0.1, 0.15) is 0 Å². The number of hydrogen-bond acceptors (Lipinski definition) is 5. The summed E-state index contributed by atoms with van der Waals surface area (Å²) in [4.78, 5) is 2.33. The van der Waals surface area contributed by atoms with Gasteiger partial charge in [0.2, 0.25) is 0 Å². The van der Waals surface area contributed by atoms with Crippen LogP contribution in [0.25, 0.3) is 0 Å². The molecule has 0 unspecified atom stereocenters. The van der Waals surface area contributed by atoms with Crippen LogP contribution in [-0.4, -0.2) is 7.11 Å². The van der Waals surface area contributed by atoms with Gasteiger partial charge in [0.15, 0.2) is 0 Å². The lowest BCUT2D eigenvalue weighted by molar-refractivity contribution is 0.415. The predicted octanol–water partition coefficient (Wildman–Crippen LogP) is 5.75. The number of anilines is 3. The number of hydrogen-bond donors (Lipinski definition) is 0. The number of thiophene rings is 2. The van der Waals surface area contributed by atoms with Crippen LogP contribution in [0.15, 0.2) is 55.6 Å². The lowest BCUT2D eigenvalue weighted by atomic mass is 10.2. The van der Waals surface area contributed by atoms with Crippen molar-refractivity contribution in [1.82, 2.24) is 0 Å². The van der Waals surface area contributed by atoms with Gasteiger partial charge in [0.25, 0.3) is 0 Å². The summed E-state index contributed by atoms with van der Waals surface area (Å²) in [6.45, 7) is 0. The largest absolute Gasteiger partial charge is 0.497 e. The predicted molar refractivity (Wildman–Crippen MR) is 87.6 cm³/mol. The molecular weight excluding hydrogens is 306 g/mol. The Kier molecular flexibility index (Phi) is 2.98. The van der Waals surface area contributed by atoms with Crippen molar-refractivity contribution in [2.45, 2.75) is 8.42 Å². The summed E-state index contributed by atoms with van der Waals surface area (Å²) in [7, 11) is 1.69. The molecule has 1 aliphatic heterocycles. The number of ether oxygens (including phenoxy) is 1. The highest BCUT2D eigenvalue weighted by molar-refractivity contribution is 8.03. The summed E-state index contributed by atoms with van der Waals surface area (Å²) in [6.07, 6.45) is 0. The molecule has 100 valence electrons. The molecule has 2 aromatic heterocycles. The van der Waals surface area contributed by atoms with Crippen molar-refractivity contribution in [2.24, 2.45) is 0 Å². The van der Waals surface area contributed by atoms with Crippen molar-refractivity contribution in [2.75, 3.05) is 12.0 Å². The van der Waals surface area contributed by atoms with Crippen molar-refractivity contribution in [3.8, 4) is 5.75 Å². The van der Waals surface area contributed by atoms with Crippen LogP contribution in [0.2, 0.25) is 0 Å². The number of fused-ring (bicyclic) bond motifs is 2. The summed E-state index contributed by atoms with van der Waals surface area (Å²) in [5.74, 6) is 0.885. The second-order valence-electron chi connectivity index (χ2n) is 4.32. The highest BCUT2D eigenvalue weighted by atomic mass is 32.2. The third-order valence-electron chi connectivity index (χ3n) is 3.22. The quantitative estimate of drug-likeness (QED) is 0.467. The minimum Gasteiger partial charge on any atom is -0.497 e. The summed E-state index contributed by atoms with van der Waals surface area (Å²) >= 11 is 5.48. The molecule has 1 aliphatic rings. The monoisotopic (exact) mass is 317 g/mol. The van der Waals surface area contributed by atoms with E-state index >= 15 is 0 Å². The Labute approximate surface area is 129 Å². The first-order chi connectivity index (χ1) is 9.86. The number of benzene rings is 1. The van der Waals surface area contributed by atoms with Gasteiger partial charge in [-0.2, -0.15) is 0 Å². The fraction of sp³-hybridized carbons (Fsp3) is 0.0667. The molecule has 0 radical (unpaired) electrons. The smallest absolute Gasteiger partial charge is 0.119 e. The maximum atomic E-state index is 5.25. The van der Waals surface area contributed by atoms with Crippen molar-refractivity contribution in [1.29, 1.82) is 0 Å². The maximum absolute atomic E-state index is 5.25. The van der Waals surface area contributed by atoms with Gasteiger partial charge in [0, 0.05) is 5.69 Å². The van der Waals surface area contributed by atoms with Gasteiger partial charge in [-0.05, 0) is 47.2 Å². The van der Waals surface area contributed by atoms with E-state index in [0.717, 1.165) is 5.75 Å². The molecule has 5 heteroatoms. The fourth-order valence-corrected chi connectivity index (χ4v) is 5.56. The molecule has 0 saturated heterocycles. The van der Waals surface area contributed by atoms with Crippen LogP contribution >= 0.6 is 34.4 Å². The van der Waals surface area contributed by atoms with E-state index in [1.165, 1.54) is 25.5 Å². The third-order valence-corrected chi connectivity index (χ3v) is 6.48. The van der Waals surface area contributed by atoms with Crippen LogP contribution in [0.5, 0.6) is 5.75 Å². The molecular formula is C15H11NOS3. The average molecular weight is 317 g/mol. The van der Waals surface area contributed by atoms with Gasteiger partial charge in [0.05, 0.1) is 26.9 Å². The molecule has 1 aromatic carbocycles. The van der Waals surface area contributed by atoms with E-state index < -0.39 is 0 Å². The van der Waals surface area contributed by atoms with E-state index in [-0.39, 0.29) is 0 Å². The minimum absolute atomic E-state index is 0.885. The average Bonchev–Trinajstić information content (AvgIpc) is 3.13. The standard InChI is InChI=1S/C15H11NOS3/c1-17-11-4-2-10(3-5-11)16-12-6-8-18-14(12)20-15-13(16)7-9-19-15/h2-9H,1H3. The summed E-state index contributed by atoms with van der Waals surface area (Å²) in [6, 6.07) is 12.6. The van der Waals surface area contributed by atoms with E-state index in [0.29, 0.717) is 0 Å². The second-order valence-corrected chi connectivity index (χ2v) is 7.69. The zero-order chi connectivity index (χ0) is 13.5. The van der Waals surface area contributed by atoms with Gasteiger partial charge < -0.3 is 9.64 Å². The zero-order valence-electron chi connectivity index (χ0n) is 10.7. The van der Waals surface area contributed by atoms with Crippen LogP contribution in [0, 0.1) is 0 Å². The number of methoxy groups -OCH3 is 1. The Hall–Kier alpha value is -1.43. The van der Waals surface area contributed by atoms with Gasteiger partial charge in [-0.1, -0.05) is 11.8 Å². The lowest BCUT2D eigenvalue weighted by Gasteiger charge is -2.28. The van der Waals surface area contributed by atoms with Gasteiger partial charge in [-0.3, -0.25) is 0 Å². The molecule has 0 atom stereocenters. The zero-order valence-corrected chi connectivity index (χ0v) is 13.1. The van der Waals surface area contributed by atoms with Gasteiger partial charge in [-0.25, -0.2) is 0 Å². The highest BCUT2D eigenvalue weighted by Gasteiger charge is 2.26. The van der Waals surface area contributed by atoms with E-state index in [9.17, 15) is 0 Å². The summed E-state index contributed by atoms with van der Waals surface area (Å²) in [5, 5.41) is 4.31. The van der Waals surface area contributed by atoms with Crippen molar-refractivity contribution in [3.63, 3.8) is 0 Å². The molecule has 0 spiro atoms. The minimum atomic E-state index is 0.885. The molecule has 2 nitrogen and oxygen atoms in total. The molecule has 4 rings (SSSR count). The van der Waals surface area contributed by atoms with Crippen molar-refractivity contribution in [3.05, 3.63) is 47.2 Å². The van der Waals surface area contributed by atoms with Crippen LogP contribution in [0.3, 0.4) is 0 Å². The Morgan fingerprint density at radius 2 is 1.45 bits per heavy atom. The number of rotatable bonds is 2. The van der Waals surface area contributed by atoms with E-state index in [4.69, 9.17) is 4.74 Å². The molecule has 3 heterocycles. The lowest BCUT2D eigenvalue weighted by Crippen LogP contribution is -2.11. The topological polar surface area (TPSA) is 12.5 Å². The second kappa shape index (κ2) is 4.84. The Morgan fingerprint density at radius 1 is 0.850 bits per heavy atom. The van der Waals surface area contributed by atoms with Crippen LogP contribution < -0.4 is 9.64 Å². The van der Waals surface area contributed by atoms with Gasteiger partial charge >= 0.3 is 0 Å². The first kappa shape index (κ1) is 12.3. The molecule has 3 aromatic rings. The molecule has 20 heavy (non-hydrogen) atoms. The van der Waals surface area contributed by atoms with E-state index in [2.05, 4.69) is 39.9 Å². The van der Waals surface area contributed by atoms with Crippen LogP contribution in [0.4, 0.5) is 17.1 Å². The molecule has 0 saturated carbocycles. The number of nitrogens with zero attached hydrogens (tertiary/aromatic N) is 1. The Bertz CT molecular complexity index is 704. The molecule has 0 fully saturated rings. The SMILES string of the molecule is COc1ccc(N2c3ccsc3Sc3sccc32)cc1. The van der Waals surface area contributed by atoms with Crippen molar-refractivity contribution >= 4 is 51.5 Å².